The number of aromatic nitrogens is 1. The van der Waals surface area contributed by atoms with Crippen LogP contribution in [-0.4, -0.2) is 22.4 Å². The van der Waals surface area contributed by atoms with Gasteiger partial charge in [0.2, 0.25) is 0 Å². The van der Waals surface area contributed by atoms with E-state index in [2.05, 4.69) is 29.0 Å². The van der Waals surface area contributed by atoms with Gasteiger partial charge in [-0.1, -0.05) is 37.1 Å². The molecule has 3 heterocycles. The molecule has 3 fully saturated rings. The quantitative estimate of drug-likeness (QED) is 0.464. The first-order chi connectivity index (χ1) is 13.9. The molecule has 1 amide bonds. The number of benzene rings is 1. The van der Waals surface area contributed by atoms with Crippen molar-refractivity contribution in [3.05, 3.63) is 58.4 Å². The molecule has 1 saturated carbocycles. The number of rotatable bonds is 5. The van der Waals surface area contributed by atoms with Gasteiger partial charge in [-0.3, -0.25) is 15.5 Å². The van der Waals surface area contributed by atoms with Crippen molar-refractivity contribution in [3.8, 4) is 0 Å². The molecule has 3 aliphatic rings. The van der Waals surface area contributed by atoms with Gasteiger partial charge in [0.15, 0.2) is 0 Å². The number of nitrogen functional groups attached to an aromatic ring is 1. The number of carbonyl (C=O) groups excluding carboxylic acids is 1. The molecule has 0 radical (unpaired) electrons. The van der Waals surface area contributed by atoms with Crippen LogP contribution in [0.25, 0.3) is 0 Å². The molecule has 2 aromatic rings. The topological polar surface area (TPSA) is 95.9 Å². The molecule has 1 aliphatic carbocycles. The maximum Gasteiger partial charge on any atom is 0.253 e. The fraction of sp³-hybridized carbons (Fsp3) is 0.478. The zero-order valence-electron chi connectivity index (χ0n) is 17.3. The highest BCUT2D eigenvalue weighted by molar-refractivity contribution is 5.96. The van der Waals surface area contributed by atoms with Crippen molar-refractivity contribution in [2.24, 2.45) is 5.73 Å². The van der Waals surface area contributed by atoms with Gasteiger partial charge >= 0.3 is 0 Å². The summed E-state index contributed by atoms with van der Waals surface area (Å²) in [5, 5.41) is 14.3. The van der Waals surface area contributed by atoms with Crippen LogP contribution in [0.15, 0.2) is 30.3 Å². The molecule has 2 atom stereocenters. The lowest BCUT2D eigenvalue weighted by atomic mass is 9.79. The van der Waals surface area contributed by atoms with Crippen LogP contribution >= 0.6 is 0 Å². The smallest absolute Gasteiger partial charge is 0.253 e. The maximum atomic E-state index is 12.9. The Labute approximate surface area is 172 Å². The summed E-state index contributed by atoms with van der Waals surface area (Å²) in [7, 11) is 0. The summed E-state index contributed by atoms with van der Waals surface area (Å²) in [6, 6.07) is 10.0. The summed E-state index contributed by atoms with van der Waals surface area (Å²) >= 11 is 0. The van der Waals surface area contributed by atoms with E-state index >= 15 is 0 Å². The van der Waals surface area contributed by atoms with E-state index in [4.69, 9.17) is 11.1 Å². The maximum absolute atomic E-state index is 12.9. The number of hydrogen-bond donors (Lipinski definition) is 4. The van der Waals surface area contributed by atoms with Gasteiger partial charge in [0.1, 0.15) is 5.84 Å². The number of amides is 1. The second-order valence-corrected chi connectivity index (χ2v) is 8.59. The summed E-state index contributed by atoms with van der Waals surface area (Å²) in [5.41, 5.74) is 10.1. The minimum Gasteiger partial charge on any atom is -0.384 e. The first-order valence-corrected chi connectivity index (χ1v) is 10.6. The van der Waals surface area contributed by atoms with Gasteiger partial charge in [0.05, 0.1) is 11.2 Å². The number of fused-ring (bicyclic) bond motifs is 4. The van der Waals surface area contributed by atoms with Crippen LogP contribution in [0.1, 0.15) is 71.4 Å². The van der Waals surface area contributed by atoms with Crippen LogP contribution < -0.4 is 16.4 Å². The first-order valence-electron chi connectivity index (χ1n) is 10.6. The molecule has 5 rings (SSSR count). The molecule has 5 N–H and O–H groups in total. The average Bonchev–Trinajstić information content (AvgIpc) is 2.94. The highest BCUT2D eigenvalue weighted by Gasteiger charge is 2.46. The lowest BCUT2D eigenvalue weighted by Gasteiger charge is -2.53. The van der Waals surface area contributed by atoms with E-state index < -0.39 is 0 Å². The van der Waals surface area contributed by atoms with E-state index in [0.29, 0.717) is 18.2 Å². The third-order valence-electron chi connectivity index (χ3n) is 6.52. The van der Waals surface area contributed by atoms with Crippen molar-refractivity contribution in [1.29, 1.82) is 5.41 Å². The van der Waals surface area contributed by atoms with Crippen molar-refractivity contribution >= 4 is 11.7 Å². The number of nitrogens with two attached hydrogens (primary N) is 1. The number of aryl methyl sites for hydroxylation is 1. The summed E-state index contributed by atoms with van der Waals surface area (Å²) in [4.78, 5) is 12.9. The van der Waals surface area contributed by atoms with Crippen molar-refractivity contribution in [3.63, 3.8) is 0 Å². The number of nitrogens with zero attached hydrogens (tertiary/aromatic N) is 1. The minimum absolute atomic E-state index is 0.0136. The summed E-state index contributed by atoms with van der Waals surface area (Å²) in [6.07, 6.45) is 7.40. The number of nitrogens with one attached hydrogen (secondary N) is 3. The van der Waals surface area contributed by atoms with Gasteiger partial charge in [-0.2, -0.15) is 0 Å². The van der Waals surface area contributed by atoms with Gasteiger partial charge in [-0.05, 0) is 51.2 Å². The van der Waals surface area contributed by atoms with Gasteiger partial charge in [-0.15, -0.1) is 0 Å². The molecular formula is C23H31N5O. The lowest BCUT2D eigenvalue weighted by Crippen LogP contribution is -2.65. The van der Waals surface area contributed by atoms with Crippen molar-refractivity contribution in [2.75, 3.05) is 0 Å². The normalized spacial score (nSPS) is 23.6. The average molecular weight is 394 g/mol. The molecule has 1 aromatic heterocycles. The molecule has 6 nitrogen and oxygen atoms in total. The van der Waals surface area contributed by atoms with Gasteiger partial charge in [0.25, 0.3) is 5.91 Å². The van der Waals surface area contributed by atoms with Crippen LogP contribution in [0.3, 0.4) is 0 Å². The van der Waals surface area contributed by atoms with E-state index in [-0.39, 0.29) is 17.4 Å². The highest BCUT2D eigenvalue weighted by atomic mass is 16.1. The molecule has 29 heavy (non-hydrogen) atoms. The standard InChI is InChI=1S/C23H31N5O/c1-15-12-20(22(29)26-14-17-7-9-18(10-8-17)21(24)25)16(2)28(15)23-11-5-3-4-6-19(13-23)27-23/h7-10,12,19,27H,3-6,11,13-14H2,1-2H3,(H3,24,25)(H,26,29). The molecule has 154 valence electrons. The SMILES string of the molecule is Cc1cc(C(=O)NCc2ccc(C(=N)N)cc2)c(C)n1C12CCCCCC(C1)N2. The van der Waals surface area contributed by atoms with Crippen LogP contribution in [0, 0.1) is 19.3 Å². The molecule has 2 aliphatic heterocycles. The third-order valence-corrected chi connectivity index (χ3v) is 6.52. The van der Waals surface area contributed by atoms with Crippen LogP contribution in [0.4, 0.5) is 0 Å². The molecule has 6 heteroatoms. The molecule has 1 aromatic carbocycles. The first kappa shape index (κ1) is 19.7. The highest BCUT2D eigenvalue weighted by Crippen LogP contribution is 2.41. The number of carbonyl (C=O) groups is 1. The Morgan fingerprint density at radius 2 is 2.00 bits per heavy atom. The predicted octanol–water partition coefficient (Wildman–Crippen LogP) is 3.30. The Balaban J connectivity index is 1.48. The second kappa shape index (κ2) is 7.67. The van der Waals surface area contributed by atoms with Crippen molar-refractivity contribution in [2.45, 2.75) is 70.6 Å². The lowest BCUT2D eigenvalue weighted by molar-refractivity contribution is 0.0243. The van der Waals surface area contributed by atoms with E-state index in [1.807, 2.05) is 30.3 Å². The van der Waals surface area contributed by atoms with E-state index in [9.17, 15) is 4.79 Å². The number of amidine groups is 1. The Kier molecular flexibility index (Phi) is 5.21. The van der Waals surface area contributed by atoms with Gasteiger partial charge in [0, 0.05) is 29.5 Å². The fourth-order valence-electron chi connectivity index (χ4n) is 5.10. The van der Waals surface area contributed by atoms with Crippen molar-refractivity contribution in [1.82, 2.24) is 15.2 Å². The Bertz CT molecular complexity index is 916. The molecule has 2 unspecified atom stereocenters. The van der Waals surface area contributed by atoms with E-state index in [0.717, 1.165) is 35.4 Å². The van der Waals surface area contributed by atoms with Crippen LogP contribution in [0.2, 0.25) is 0 Å². The number of hydrogen-bond acceptors (Lipinski definition) is 3. The zero-order valence-corrected chi connectivity index (χ0v) is 17.3. The fourth-order valence-corrected chi connectivity index (χ4v) is 5.10. The van der Waals surface area contributed by atoms with Gasteiger partial charge < -0.3 is 15.6 Å². The third kappa shape index (κ3) is 3.69. The van der Waals surface area contributed by atoms with E-state index in [1.165, 1.54) is 25.7 Å². The predicted molar refractivity (Wildman–Crippen MR) is 115 cm³/mol. The summed E-state index contributed by atoms with van der Waals surface area (Å²) in [6.45, 7) is 4.62. The largest absolute Gasteiger partial charge is 0.384 e. The van der Waals surface area contributed by atoms with Gasteiger partial charge in [-0.25, -0.2) is 0 Å². The zero-order chi connectivity index (χ0) is 20.6. The molecular weight excluding hydrogens is 362 g/mol. The van der Waals surface area contributed by atoms with E-state index in [1.54, 1.807) is 0 Å². The van der Waals surface area contributed by atoms with Crippen LogP contribution in [-0.2, 0) is 12.2 Å². The van der Waals surface area contributed by atoms with Crippen LogP contribution in [0.5, 0.6) is 0 Å². The Morgan fingerprint density at radius 3 is 2.69 bits per heavy atom. The summed E-state index contributed by atoms with van der Waals surface area (Å²) in [5.74, 6) is 0.00608. The Morgan fingerprint density at radius 1 is 1.28 bits per heavy atom. The molecule has 2 bridgehead atoms. The van der Waals surface area contributed by atoms with Crippen molar-refractivity contribution < 1.29 is 4.79 Å². The monoisotopic (exact) mass is 393 g/mol. The Hall–Kier alpha value is -2.60. The minimum atomic E-state index is -0.0434. The summed E-state index contributed by atoms with van der Waals surface area (Å²) < 4.78 is 2.37. The second-order valence-electron chi connectivity index (χ2n) is 8.59. The molecule has 2 saturated heterocycles. The molecule has 0 spiro atoms.